The monoisotopic (exact) mass is 193 g/mol. The van der Waals surface area contributed by atoms with Crippen molar-refractivity contribution in [1.29, 1.82) is 0 Å². The fraction of sp³-hybridized carbons (Fsp3) is 0.250. The van der Waals surface area contributed by atoms with Gasteiger partial charge in [-0.3, -0.25) is 8.75 Å². The van der Waals surface area contributed by atoms with Gasteiger partial charge in [-0.05, 0) is 27.5 Å². The van der Waals surface area contributed by atoms with E-state index in [-0.39, 0.29) is 5.56 Å². The summed E-state index contributed by atoms with van der Waals surface area (Å²) in [6.07, 6.45) is 0. The molecule has 4 heteroatoms. The van der Waals surface area contributed by atoms with E-state index in [1.165, 1.54) is 11.5 Å². The first-order chi connectivity index (χ1) is 3.70. The van der Waals surface area contributed by atoms with Gasteiger partial charge in [-0.25, -0.2) is 0 Å². The predicted molar refractivity (Wildman–Crippen MR) is 37.3 cm³/mol. The van der Waals surface area contributed by atoms with Crippen molar-refractivity contribution in [1.82, 2.24) is 3.96 Å². The van der Waals surface area contributed by atoms with Crippen LogP contribution in [-0.2, 0) is 7.05 Å². The Balaban J connectivity index is 3.35. The van der Waals surface area contributed by atoms with Crippen LogP contribution < -0.4 is 5.56 Å². The number of hydrogen-bond acceptors (Lipinski definition) is 2. The summed E-state index contributed by atoms with van der Waals surface area (Å²) in [4.78, 5) is 10.6. The van der Waals surface area contributed by atoms with Gasteiger partial charge in [-0.1, -0.05) is 0 Å². The number of nitrogens with zero attached hydrogens (tertiary/aromatic N) is 1. The zero-order chi connectivity index (χ0) is 6.15. The van der Waals surface area contributed by atoms with E-state index < -0.39 is 0 Å². The molecule has 0 unspecified atom stereocenters. The van der Waals surface area contributed by atoms with Crippen molar-refractivity contribution in [2.75, 3.05) is 0 Å². The molecule has 1 aromatic heterocycles. The van der Waals surface area contributed by atoms with Gasteiger partial charge < -0.3 is 0 Å². The molecule has 0 aliphatic carbocycles. The van der Waals surface area contributed by atoms with Gasteiger partial charge >= 0.3 is 0 Å². The Morgan fingerprint density at radius 3 is 2.62 bits per heavy atom. The lowest BCUT2D eigenvalue weighted by Gasteiger charge is -1.77. The van der Waals surface area contributed by atoms with Crippen LogP contribution in [0.4, 0.5) is 0 Å². The smallest absolute Gasteiger partial charge is 0.261 e. The average molecular weight is 194 g/mol. The minimum atomic E-state index is 0.0434. The Labute approximate surface area is 59.0 Å². The van der Waals surface area contributed by atoms with Gasteiger partial charge in [0.05, 0.1) is 3.79 Å². The van der Waals surface area contributed by atoms with E-state index in [0.29, 0.717) is 0 Å². The average Bonchev–Trinajstić information content (AvgIpc) is 1.85. The SMILES string of the molecule is Cn1sc(Br)cc1=O. The first kappa shape index (κ1) is 6.04. The molecule has 44 valence electrons. The first-order valence-corrected chi connectivity index (χ1v) is 3.59. The molecular weight excluding hydrogens is 190 g/mol. The second-order valence-corrected chi connectivity index (χ2v) is 3.92. The molecular formula is C4H4BrNOS. The molecule has 1 rings (SSSR count). The Bertz CT molecular complexity index is 238. The van der Waals surface area contributed by atoms with Crippen molar-refractivity contribution in [3.8, 4) is 0 Å². The van der Waals surface area contributed by atoms with Crippen LogP contribution in [-0.4, -0.2) is 3.96 Å². The maximum atomic E-state index is 10.6. The van der Waals surface area contributed by atoms with Gasteiger partial charge in [0, 0.05) is 13.1 Å². The zero-order valence-electron chi connectivity index (χ0n) is 4.22. The molecule has 0 spiro atoms. The van der Waals surface area contributed by atoms with Crippen molar-refractivity contribution in [2.24, 2.45) is 7.05 Å². The van der Waals surface area contributed by atoms with E-state index in [1.54, 1.807) is 17.1 Å². The number of halogens is 1. The third kappa shape index (κ3) is 1.00. The maximum Gasteiger partial charge on any atom is 0.261 e. The van der Waals surface area contributed by atoms with Crippen LogP contribution in [0.3, 0.4) is 0 Å². The minimum Gasteiger partial charge on any atom is -0.268 e. The molecule has 0 saturated carbocycles. The third-order valence-corrected chi connectivity index (χ3v) is 2.18. The summed E-state index contributed by atoms with van der Waals surface area (Å²) in [5.74, 6) is 0. The summed E-state index contributed by atoms with van der Waals surface area (Å²) in [6, 6.07) is 1.55. The van der Waals surface area contributed by atoms with Gasteiger partial charge in [0.25, 0.3) is 5.56 Å². The van der Waals surface area contributed by atoms with Crippen LogP contribution in [0.15, 0.2) is 14.6 Å². The lowest BCUT2D eigenvalue weighted by molar-refractivity contribution is 0.981. The molecule has 0 bridgehead atoms. The lowest BCUT2D eigenvalue weighted by atomic mass is 10.7. The molecule has 0 atom stereocenters. The van der Waals surface area contributed by atoms with Gasteiger partial charge in [0.1, 0.15) is 0 Å². The van der Waals surface area contributed by atoms with Gasteiger partial charge in [-0.2, -0.15) is 0 Å². The molecule has 1 aromatic rings. The molecule has 8 heavy (non-hydrogen) atoms. The topological polar surface area (TPSA) is 22.0 Å². The van der Waals surface area contributed by atoms with E-state index in [9.17, 15) is 4.79 Å². The number of rotatable bonds is 0. The summed E-state index contributed by atoms with van der Waals surface area (Å²) in [6.45, 7) is 0. The lowest BCUT2D eigenvalue weighted by Crippen LogP contribution is -2.05. The van der Waals surface area contributed by atoms with Crippen LogP contribution in [0.1, 0.15) is 0 Å². The second kappa shape index (κ2) is 2.03. The number of aromatic nitrogens is 1. The molecule has 0 aliphatic rings. The second-order valence-electron chi connectivity index (χ2n) is 1.38. The summed E-state index contributed by atoms with van der Waals surface area (Å²) < 4.78 is 2.44. The van der Waals surface area contributed by atoms with Gasteiger partial charge in [0.15, 0.2) is 0 Å². The normalized spacial score (nSPS) is 9.75. The molecule has 1 heterocycles. The molecule has 0 N–H and O–H groups in total. The third-order valence-electron chi connectivity index (χ3n) is 0.771. The highest BCUT2D eigenvalue weighted by Crippen LogP contribution is 2.11. The fourth-order valence-electron chi connectivity index (χ4n) is 0.390. The Kier molecular flexibility index (Phi) is 1.53. The van der Waals surface area contributed by atoms with E-state index in [1.807, 2.05) is 0 Å². The summed E-state index contributed by atoms with van der Waals surface area (Å²) in [5, 5.41) is 0. The summed E-state index contributed by atoms with van der Waals surface area (Å²) >= 11 is 4.57. The van der Waals surface area contributed by atoms with Crippen LogP contribution in [0.25, 0.3) is 0 Å². The van der Waals surface area contributed by atoms with Crippen molar-refractivity contribution in [3.05, 3.63) is 20.2 Å². The molecule has 0 aliphatic heterocycles. The van der Waals surface area contributed by atoms with Crippen LogP contribution >= 0.6 is 27.5 Å². The van der Waals surface area contributed by atoms with Crippen LogP contribution in [0.5, 0.6) is 0 Å². The van der Waals surface area contributed by atoms with Crippen molar-refractivity contribution in [3.63, 3.8) is 0 Å². The van der Waals surface area contributed by atoms with E-state index in [2.05, 4.69) is 15.9 Å². The van der Waals surface area contributed by atoms with Crippen molar-refractivity contribution < 1.29 is 0 Å². The number of aryl methyl sites for hydroxylation is 1. The summed E-state index contributed by atoms with van der Waals surface area (Å²) in [7, 11) is 1.73. The fourth-order valence-corrected chi connectivity index (χ4v) is 1.80. The molecule has 0 aromatic carbocycles. The maximum absolute atomic E-state index is 10.6. The van der Waals surface area contributed by atoms with Crippen molar-refractivity contribution >= 4 is 27.5 Å². The standard InChI is InChI=1S/C4H4BrNOS/c1-6-4(7)2-3(5)8-6/h2H,1H3. The van der Waals surface area contributed by atoms with Crippen LogP contribution in [0.2, 0.25) is 0 Å². The Morgan fingerprint density at radius 2 is 2.50 bits per heavy atom. The highest BCUT2D eigenvalue weighted by Gasteiger charge is 1.93. The molecule has 0 amide bonds. The molecule has 0 saturated heterocycles. The van der Waals surface area contributed by atoms with E-state index in [0.717, 1.165) is 3.79 Å². The Morgan fingerprint density at radius 1 is 1.88 bits per heavy atom. The minimum absolute atomic E-state index is 0.0434. The quantitative estimate of drug-likeness (QED) is 0.608. The zero-order valence-corrected chi connectivity index (χ0v) is 6.62. The number of hydrogen-bond donors (Lipinski definition) is 0. The highest BCUT2D eigenvalue weighted by atomic mass is 79.9. The largest absolute Gasteiger partial charge is 0.268 e. The molecule has 0 radical (unpaired) electrons. The highest BCUT2D eigenvalue weighted by molar-refractivity contribution is 9.11. The van der Waals surface area contributed by atoms with E-state index >= 15 is 0 Å². The van der Waals surface area contributed by atoms with Gasteiger partial charge in [-0.15, -0.1) is 0 Å². The first-order valence-electron chi connectivity index (χ1n) is 2.03. The van der Waals surface area contributed by atoms with Crippen LogP contribution in [0, 0.1) is 0 Å². The Hall–Kier alpha value is -0.0900. The van der Waals surface area contributed by atoms with Crippen molar-refractivity contribution in [2.45, 2.75) is 0 Å². The molecule has 0 fully saturated rings. The molecule has 2 nitrogen and oxygen atoms in total. The summed E-state index contributed by atoms with van der Waals surface area (Å²) in [5.41, 5.74) is 0.0434. The van der Waals surface area contributed by atoms with E-state index in [4.69, 9.17) is 0 Å². The van der Waals surface area contributed by atoms with Gasteiger partial charge in [0.2, 0.25) is 0 Å². The predicted octanol–water partition coefficient (Wildman–Crippen LogP) is 1.21.